The zero-order valence-corrected chi connectivity index (χ0v) is 45.5. The number of allylic oxidation sites excluding steroid dienone is 2. The van der Waals surface area contributed by atoms with Gasteiger partial charge < -0.3 is 14.2 Å². The van der Waals surface area contributed by atoms with E-state index in [9.17, 15) is 14.4 Å². The van der Waals surface area contributed by atoms with Crippen LogP contribution in [-0.4, -0.2) is 37.2 Å². The van der Waals surface area contributed by atoms with Gasteiger partial charge in [0.2, 0.25) is 0 Å². The maximum absolute atomic E-state index is 12.7. The summed E-state index contributed by atoms with van der Waals surface area (Å²) in [5.41, 5.74) is 0. The van der Waals surface area contributed by atoms with E-state index in [1.165, 1.54) is 244 Å². The second kappa shape index (κ2) is 56.7. The number of carbonyl (C=O) groups is 3. The average molecular weight is 946 g/mol. The average Bonchev–Trinajstić information content (AvgIpc) is 3.33. The summed E-state index contributed by atoms with van der Waals surface area (Å²) >= 11 is 0. The summed E-state index contributed by atoms with van der Waals surface area (Å²) in [6, 6.07) is 0. The van der Waals surface area contributed by atoms with E-state index in [1.54, 1.807) is 0 Å². The van der Waals surface area contributed by atoms with Gasteiger partial charge in [-0.2, -0.15) is 0 Å². The Morgan fingerprint density at radius 3 is 0.746 bits per heavy atom. The van der Waals surface area contributed by atoms with Gasteiger partial charge in [0.1, 0.15) is 13.2 Å². The van der Waals surface area contributed by atoms with Crippen molar-refractivity contribution >= 4 is 17.9 Å². The zero-order chi connectivity index (χ0) is 48.6. The van der Waals surface area contributed by atoms with Gasteiger partial charge in [-0.3, -0.25) is 14.4 Å². The molecule has 0 spiro atoms. The minimum Gasteiger partial charge on any atom is -0.462 e. The number of hydrogen-bond acceptors (Lipinski definition) is 6. The first-order chi connectivity index (χ1) is 33.0. The Kier molecular flexibility index (Phi) is 55.2. The van der Waals surface area contributed by atoms with Crippen molar-refractivity contribution in [3.8, 4) is 0 Å². The molecule has 0 aromatic rings. The summed E-state index contributed by atoms with van der Waals surface area (Å²) in [4.78, 5) is 37.7. The number of carbonyl (C=O) groups excluding carboxylic acids is 3. The van der Waals surface area contributed by atoms with Crippen LogP contribution in [0, 0.1) is 0 Å². The van der Waals surface area contributed by atoms with E-state index in [1.807, 2.05) is 0 Å². The van der Waals surface area contributed by atoms with Crippen LogP contribution in [0.25, 0.3) is 0 Å². The molecule has 0 saturated heterocycles. The Hall–Kier alpha value is -1.85. The Labute approximate surface area is 418 Å². The molecule has 0 aliphatic carbocycles. The predicted molar refractivity (Wildman–Crippen MR) is 289 cm³/mol. The highest BCUT2D eigenvalue weighted by atomic mass is 16.6. The summed E-state index contributed by atoms with van der Waals surface area (Å²) in [6.45, 7) is 6.62. The highest BCUT2D eigenvalue weighted by molar-refractivity contribution is 5.71. The van der Waals surface area contributed by atoms with E-state index in [4.69, 9.17) is 14.2 Å². The fourth-order valence-electron chi connectivity index (χ4n) is 9.21. The number of esters is 3. The fourth-order valence-corrected chi connectivity index (χ4v) is 9.21. The molecule has 0 N–H and O–H groups in total. The van der Waals surface area contributed by atoms with Crippen molar-refractivity contribution in [2.45, 2.75) is 348 Å². The minimum atomic E-state index is -0.759. The Balaban J connectivity index is 3.83. The molecule has 0 bridgehead atoms. The third-order valence-corrected chi connectivity index (χ3v) is 13.8. The zero-order valence-electron chi connectivity index (χ0n) is 45.5. The topological polar surface area (TPSA) is 78.9 Å². The summed E-state index contributed by atoms with van der Waals surface area (Å²) in [5, 5.41) is 0. The highest BCUT2D eigenvalue weighted by Gasteiger charge is 2.19. The molecule has 67 heavy (non-hydrogen) atoms. The first kappa shape index (κ1) is 65.1. The molecule has 0 aliphatic rings. The first-order valence-electron chi connectivity index (χ1n) is 30.2. The number of hydrogen-bond donors (Lipinski definition) is 0. The molecule has 6 nitrogen and oxygen atoms in total. The lowest BCUT2D eigenvalue weighted by molar-refractivity contribution is -0.167. The number of unbranched alkanes of at least 4 members (excludes halogenated alkanes) is 43. The summed E-state index contributed by atoms with van der Waals surface area (Å²) in [7, 11) is 0. The van der Waals surface area contributed by atoms with Crippen LogP contribution in [0.3, 0.4) is 0 Å². The Bertz CT molecular complexity index is 1040. The fraction of sp³-hybridized carbons (Fsp3) is 0.918. The lowest BCUT2D eigenvalue weighted by atomic mass is 10.0. The maximum atomic E-state index is 12.7. The summed E-state index contributed by atoms with van der Waals surface area (Å²) < 4.78 is 16.7. The van der Waals surface area contributed by atoms with Gasteiger partial charge in [0, 0.05) is 19.3 Å². The van der Waals surface area contributed by atoms with E-state index in [2.05, 4.69) is 32.9 Å². The normalized spacial score (nSPS) is 12.0. The van der Waals surface area contributed by atoms with Crippen LogP contribution in [0.1, 0.15) is 342 Å². The lowest BCUT2D eigenvalue weighted by Gasteiger charge is -2.18. The maximum Gasteiger partial charge on any atom is 0.306 e. The van der Waals surface area contributed by atoms with Crippen LogP contribution in [0.15, 0.2) is 12.2 Å². The van der Waals surface area contributed by atoms with Crippen molar-refractivity contribution in [2.75, 3.05) is 13.2 Å². The van der Waals surface area contributed by atoms with Gasteiger partial charge in [-0.1, -0.05) is 290 Å². The third kappa shape index (κ3) is 55.0. The molecule has 1 atom stereocenters. The SMILES string of the molecule is CCCCCCCCCC/C=C\CCCCCCCCCCCCCCCCCCCCCCCC(=O)OCC(COC(=O)CCCCCCCCCC)OC(=O)CCCCCCCCCC. The van der Waals surface area contributed by atoms with Crippen LogP contribution in [-0.2, 0) is 28.6 Å². The van der Waals surface area contributed by atoms with Gasteiger partial charge in [0.25, 0.3) is 0 Å². The van der Waals surface area contributed by atoms with E-state index in [-0.39, 0.29) is 31.1 Å². The van der Waals surface area contributed by atoms with Gasteiger partial charge >= 0.3 is 17.9 Å². The molecule has 0 saturated carbocycles. The van der Waals surface area contributed by atoms with Crippen molar-refractivity contribution in [3.63, 3.8) is 0 Å². The predicted octanol–water partition coefficient (Wildman–Crippen LogP) is 20.1. The molecule has 0 rings (SSSR count). The minimum absolute atomic E-state index is 0.0641. The second-order valence-electron chi connectivity index (χ2n) is 20.6. The van der Waals surface area contributed by atoms with Crippen molar-refractivity contribution in [1.82, 2.24) is 0 Å². The molecule has 0 aliphatic heterocycles. The first-order valence-corrected chi connectivity index (χ1v) is 30.2. The van der Waals surface area contributed by atoms with Gasteiger partial charge in [-0.05, 0) is 44.9 Å². The summed E-state index contributed by atoms with van der Waals surface area (Å²) in [5.74, 6) is -0.855. The second-order valence-corrected chi connectivity index (χ2v) is 20.6. The van der Waals surface area contributed by atoms with Crippen molar-refractivity contribution < 1.29 is 28.6 Å². The highest BCUT2D eigenvalue weighted by Crippen LogP contribution is 2.18. The van der Waals surface area contributed by atoms with E-state index >= 15 is 0 Å². The van der Waals surface area contributed by atoms with Crippen LogP contribution < -0.4 is 0 Å². The molecule has 0 fully saturated rings. The standard InChI is InChI=1S/C61H116O6/c1-4-7-10-13-16-19-20-21-22-23-24-25-26-27-28-29-30-31-32-33-34-35-36-37-38-39-40-41-42-43-46-48-51-54-60(63)66-57-58(67-61(64)55-52-49-45-18-15-12-9-6-3)56-65-59(62)53-50-47-44-17-14-11-8-5-2/h23-24,58H,4-22,25-57H2,1-3H3/b24-23-. The molecule has 0 radical (unpaired) electrons. The molecule has 0 aromatic heterocycles. The van der Waals surface area contributed by atoms with Gasteiger partial charge in [-0.15, -0.1) is 0 Å². The van der Waals surface area contributed by atoms with E-state index in [0.29, 0.717) is 19.3 Å². The lowest BCUT2D eigenvalue weighted by Crippen LogP contribution is -2.30. The molecule has 6 heteroatoms. The summed E-state index contributed by atoms with van der Waals surface area (Å²) in [6.07, 6.45) is 65.6. The quantitative estimate of drug-likeness (QED) is 0.0262. The van der Waals surface area contributed by atoms with Crippen molar-refractivity contribution in [2.24, 2.45) is 0 Å². The molecule has 1 unspecified atom stereocenters. The van der Waals surface area contributed by atoms with Crippen LogP contribution >= 0.6 is 0 Å². The molecule has 0 heterocycles. The van der Waals surface area contributed by atoms with Gasteiger partial charge in [0.15, 0.2) is 6.10 Å². The number of rotatable bonds is 56. The van der Waals surface area contributed by atoms with Crippen molar-refractivity contribution in [1.29, 1.82) is 0 Å². The van der Waals surface area contributed by atoms with Crippen LogP contribution in [0.5, 0.6) is 0 Å². The largest absolute Gasteiger partial charge is 0.462 e. The van der Waals surface area contributed by atoms with Crippen LogP contribution in [0.2, 0.25) is 0 Å². The van der Waals surface area contributed by atoms with Gasteiger partial charge in [0.05, 0.1) is 0 Å². The molecular weight excluding hydrogens is 829 g/mol. The smallest absolute Gasteiger partial charge is 0.306 e. The molecule has 396 valence electrons. The Morgan fingerprint density at radius 2 is 0.493 bits per heavy atom. The monoisotopic (exact) mass is 945 g/mol. The molecule has 0 amide bonds. The van der Waals surface area contributed by atoms with E-state index in [0.717, 1.165) is 57.8 Å². The van der Waals surface area contributed by atoms with Crippen molar-refractivity contribution in [3.05, 3.63) is 12.2 Å². The number of ether oxygens (including phenoxy) is 3. The van der Waals surface area contributed by atoms with Gasteiger partial charge in [-0.25, -0.2) is 0 Å². The molecule has 0 aromatic carbocycles. The third-order valence-electron chi connectivity index (χ3n) is 13.8. The molecular formula is C61H116O6. The van der Waals surface area contributed by atoms with E-state index < -0.39 is 6.10 Å². The van der Waals surface area contributed by atoms with Crippen LogP contribution in [0.4, 0.5) is 0 Å². The Morgan fingerprint density at radius 1 is 0.284 bits per heavy atom.